The highest BCUT2D eigenvalue weighted by molar-refractivity contribution is 5.92. The summed E-state index contributed by atoms with van der Waals surface area (Å²) in [5.41, 5.74) is 4.15. The van der Waals surface area contributed by atoms with E-state index in [1.807, 2.05) is 50.2 Å². The Morgan fingerprint density at radius 2 is 1.83 bits per heavy atom. The average molecular weight is 326 g/mol. The molecule has 0 saturated carbocycles. The Kier molecular flexibility index (Phi) is 6.24. The molecular formula is C20H26N2O2. The first-order chi connectivity index (χ1) is 11.5. The predicted molar refractivity (Wildman–Crippen MR) is 100 cm³/mol. The van der Waals surface area contributed by atoms with E-state index in [1.54, 1.807) is 0 Å². The minimum absolute atomic E-state index is 0.000684. The number of amides is 1. The molecule has 0 heterocycles. The molecule has 1 amide bonds. The van der Waals surface area contributed by atoms with Crippen molar-refractivity contribution in [1.82, 2.24) is 0 Å². The highest BCUT2D eigenvalue weighted by atomic mass is 16.5. The molecule has 0 aliphatic rings. The van der Waals surface area contributed by atoms with Gasteiger partial charge in [0.2, 0.25) is 0 Å². The van der Waals surface area contributed by atoms with E-state index in [1.165, 1.54) is 5.69 Å². The number of carbonyl (C=O) groups excluding carboxylic acids is 1. The molecule has 0 aromatic heterocycles. The Labute approximate surface area is 144 Å². The van der Waals surface area contributed by atoms with E-state index >= 15 is 0 Å². The number of carbonyl (C=O) groups is 1. The van der Waals surface area contributed by atoms with Gasteiger partial charge in [-0.15, -0.1) is 0 Å². The predicted octanol–water partition coefficient (Wildman–Crippen LogP) is 4.17. The van der Waals surface area contributed by atoms with Gasteiger partial charge in [-0.1, -0.05) is 12.1 Å². The van der Waals surface area contributed by atoms with Crippen LogP contribution in [0, 0.1) is 13.8 Å². The third-order valence-corrected chi connectivity index (χ3v) is 3.97. The van der Waals surface area contributed by atoms with Gasteiger partial charge in [-0.2, -0.15) is 0 Å². The van der Waals surface area contributed by atoms with E-state index in [9.17, 15) is 4.79 Å². The lowest BCUT2D eigenvalue weighted by atomic mass is 10.1. The Morgan fingerprint density at radius 3 is 2.46 bits per heavy atom. The maximum atomic E-state index is 12.1. The standard InChI is InChI=1S/C20H26N2O2/c1-5-22(6-2)17-10-11-19(16(4)13-17)21-20(23)14-24-18-9-7-8-15(3)12-18/h7-13H,5-6,14H2,1-4H3,(H,21,23). The zero-order chi connectivity index (χ0) is 17.5. The molecule has 0 atom stereocenters. The van der Waals surface area contributed by atoms with Gasteiger partial charge in [0, 0.05) is 24.5 Å². The summed E-state index contributed by atoms with van der Waals surface area (Å²) in [5, 5.41) is 2.91. The summed E-state index contributed by atoms with van der Waals surface area (Å²) in [6, 6.07) is 13.8. The van der Waals surface area contributed by atoms with Crippen molar-refractivity contribution in [2.45, 2.75) is 27.7 Å². The summed E-state index contributed by atoms with van der Waals surface area (Å²) in [6.45, 7) is 10.2. The molecule has 0 bridgehead atoms. The Bertz CT molecular complexity index is 694. The highest BCUT2D eigenvalue weighted by Crippen LogP contribution is 2.22. The third-order valence-electron chi connectivity index (χ3n) is 3.97. The van der Waals surface area contributed by atoms with E-state index < -0.39 is 0 Å². The average Bonchev–Trinajstić information content (AvgIpc) is 2.56. The molecule has 0 fully saturated rings. The lowest BCUT2D eigenvalue weighted by Crippen LogP contribution is -2.23. The Hall–Kier alpha value is -2.49. The zero-order valence-electron chi connectivity index (χ0n) is 14.9. The second-order valence-corrected chi connectivity index (χ2v) is 5.82. The van der Waals surface area contributed by atoms with Gasteiger partial charge in [-0.3, -0.25) is 4.79 Å². The topological polar surface area (TPSA) is 41.6 Å². The van der Waals surface area contributed by atoms with Gasteiger partial charge in [-0.05, 0) is 69.2 Å². The minimum atomic E-state index is -0.157. The smallest absolute Gasteiger partial charge is 0.262 e. The number of nitrogens with zero attached hydrogens (tertiary/aromatic N) is 1. The lowest BCUT2D eigenvalue weighted by molar-refractivity contribution is -0.118. The summed E-state index contributed by atoms with van der Waals surface area (Å²) in [6.07, 6.45) is 0. The van der Waals surface area contributed by atoms with Crippen LogP contribution in [0.3, 0.4) is 0 Å². The van der Waals surface area contributed by atoms with Crippen molar-refractivity contribution in [3.63, 3.8) is 0 Å². The molecule has 0 unspecified atom stereocenters. The van der Waals surface area contributed by atoms with Gasteiger partial charge in [0.1, 0.15) is 5.75 Å². The normalized spacial score (nSPS) is 10.3. The molecule has 0 saturated heterocycles. The molecule has 2 aromatic carbocycles. The molecule has 4 heteroatoms. The minimum Gasteiger partial charge on any atom is -0.484 e. The van der Waals surface area contributed by atoms with Crippen LogP contribution in [0.4, 0.5) is 11.4 Å². The molecule has 2 rings (SSSR count). The fourth-order valence-electron chi connectivity index (χ4n) is 2.61. The van der Waals surface area contributed by atoms with Crippen LogP contribution >= 0.6 is 0 Å². The molecule has 4 nitrogen and oxygen atoms in total. The van der Waals surface area contributed by atoms with Gasteiger partial charge >= 0.3 is 0 Å². The van der Waals surface area contributed by atoms with Crippen molar-refractivity contribution in [1.29, 1.82) is 0 Å². The van der Waals surface area contributed by atoms with Crippen LogP contribution in [0.15, 0.2) is 42.5 Å². The van der Waals surface area contributed by atoms with Crippen molar-refractivity contribution < 1.29 is 9.53 Å². The van der Waals surface area contributed by atoms with E-state index in [4.69, 9.17) is 4.74 Å². The molecular weight excluding hydrogens is 300 g/mol. The number of ether oxygens (including phenoxy) is 1. The first-order valence-electron chi connectivity index (χ1n) is 8.38. The van der Waals surface area contributed by atoms with E-state index in [2.05, 4.69) is 30.1 Å². The van der Waals surface area contributed by atoms with E-state index in [-0.39, 0.29) is 12.5 Å². The first kappa shape index (κ1) is 17.9. The van der Waals surface area contributed by atoms with Crippen molar-refractivity contribution in [2.24, 2.45) is 0 Å². The van der Waals surface area contributed by atoms with Crippen LogP contribution in [0.1, 0.15) is 25.0 Å². The van der Waals surface area contributed by atoms with Crippen LogP contribution in [-0.2, 0) is 4.79 Å². The number of anilines is 2. The van der Waals surface area contributed by atoms with Gasteiger partial charge < -0.3 is 15.0 Å². The summed E-state index contributed by atoms with van der Waals surface area (Å²) in [5.74, 6) is 0.550. The molecule has 0 aliphatic carbocycles. The number of hydrogen-bond acceptors (Lipinski definition) is 3. The summed E-state index contributed by atoms with van der Waals surface area (Å²) < 4.78 is 5.54. The molecule has 24 heavy (non-hydrogen) atoms. The van der Waals surface area contributed by atoms with Crippen LogP contribution in [-0.4, -0.2) is 25.6 Å². The maximum Gasteiger partial charge on any atom is 0.262 e. The quantitative estimate of drug-likeness (QED) is 0.830. The molecule has 128 valence electrons. The largest absolute Gasteiger partial charge is 0.484 e. The SMILES string of the molecule is CCN(CC)c1ccc(NC(=O)COc2cccc(C)c2)c(C)c1. The number of aryl methyl sites for hydroxylation is 2. The molecule has 2 aromatic rings. The summed E-state index contributed by atoms with van der Waals surface area (Å²) >= 11 is 0. The fourth-order valence-corrected chi connectivity index (χ4v) is 2.61. The third kappa shape index (κ3) is 4.75. The monoisotopic (exact) mass is 326 g/mol. The second-order valence-electron chi connectivity index (χ2n) is 5.82. The maximum absolute atomic E-state index is 12.1. The first-order valence-corrected chi connectivity index (χ1v) is 8.38. The summed E-state index contributed by atoms with van der Waals surface area (Å²) in [4.78, 5) is 14.4. The van der Waals surface area contributed by atoms with Gasteiger partial charge in [0.25, 0.3) is 5.91 Å². The van der Waals surface area contributed by atoms with Crippen LogP contribution < -0.4 is 15.0 Å². The number of benzene rings is 2. The van der Waals surface area contributed by atoms with Gasteiger partial charge in [-0.25, -0.2) is 0 Å². The fraction of sp³-hybridized carbons (Fsp3) is 0.350. The number of hydrogen-bond donors (Lipinski definition) is 1. The van der Waals surface area contributed by atoms with Gasteiger partial charge in [0.05, 0.1) is 0 Å². The van der Waals surface area contributed by atoms with E-state index in [0.717, 1.165) is 29.9 Å². The molecule has 0 aliphatic heterocycles. The number of nitrogens with one attached hydrogen (secondary N) is 1. The molecule has 1 N–H and O–H groups in total. The second kappa shape index (κ2) is 8.39. The Morgan fingerprint density at radius 1 is 1.08 bits per heavy atom. The Balaban J connectivity index is 1.96. The summed E-state index contributed by atoms with van der Waals surface area (Å²) in [7, 11) is 0. The van der Waals surface area contributed by atoms with E-state index in [0.29, 0.717) is 5.75 Å². The van der Waals surface area contributed by atoms with Crippen LogP contribution in [0.5, 0.6) is 5.75 Å². The van der Waals surface area contributed by atoms with Crippen LogP contribution in [0.2, 0.25) is 0 Å². The van der Waals surface area contributed by atoms with Crippen molar-refractivity contribution >= 4 is 17.3 Å². The lowest BCUT2D eigenvalue weighted by Gasteiger charge is -2.22. The zero-order valence-corrected chi connectivity index (χ0v) is 14.9. The number of rotatable bonds is 7. The van der Waals surface area contributed by atoms with Crippen molar-refractivity contribution in [3.8, 4) is 5.75 Å². The molecule has 0 radical (unpaired) electrons. The van der Waals surface area contributed by atoms with Crippen molar-refractivity contribution in [3.05, 3.63) is 53.6 Å². The highest BCUT2D eigenvalue weighted by Gasteiger charge is 2.08. The van der Waals surface area contributed by atoms with Crippen molar-refractivity contribution in [2.75, 3.05) is 29.9 Å². The van der Waals surface area contributed by atoms with Gasteiger partial charge in [0.15, 0.2) is 6.61 Å². The van der Waals surface area contributed by atoms with Crippen LogP contribution in [0.25, 0.3) is 0 Å². The molecule has 0 spiro atoms.